The lowest BCUT2D eigenvalue weighted by Gasteiger charge is -2.23. The normalized spacial score (nSPS) is 18.8. The molecule has 0 spiro atoms. The van der Waals surface area contributed by atoms with Gasteiger partial charge >= 0.3 is 0 Å². The molecule has 0 aromatic heterocycles. The van der Waals surface area contributed by atoms with Crippen molar-refractivity contribution in [1.29, 1.82) is 0 Å². The third-order valence-corrected chi connectivity index (χ3v) is 4.83. The number of benzene rings is 1. The third kappa shape index (κ3) is 7.13. The second-order valence-electron chi connectivity index (χ2n) is 6.70. The largest absolute Gasteiger partial charge is 0.396 e. The van der Waals surface area contributed by atoms with Gasteiger partial charge in [-0.3, -0.25) is 4.99 Å². The average molecular weight is 459 g/mol. The monoisotopic (exact) mass is 459 g/mol. The van der Waals surface area contributed by atoms with Gasteiger partial charge in [0.25, 0.3) is 0 Å². The van der Waals surface area contributed by atoms with Crippen LogP contribution in [0.15, 0.2) is 35.3 Å². The van der Waals surface area contributed by atoms with Crippen LogP contribution in [0.4, 0.5) is 0 Å². The van der Waals surface area contributed by atoms with E-state index in [0.29, 0.717) is 11.8 Å². The highest BCUT2D eigenvalue weighted by Crippen LogP contribution is 2.27. The van der Waals surface area contributed by atoms with E-state index in [1.54, 1.807) is 0 Å². The topological polar surface area (TPSA) is 47.9 Å². The lowest BCUT2D eigenvalue weighted by atomic mass is 9.99. The van der Waals surface area contributed by atoms with E-state index in [0.717, 1.165) is 51.4 Å². The van der Waals surface area contributed by atoms with Gasteiger partial charge in [0.15, 0.2) is 5.96 Å². The zero-order valence-electron chi connectivity index (χ0n) is 15.7. The molecule has 25 heavy (non-hydrogen) atoms. The predicted molar refractivity (Wildman–Crippen MR) is 117 cm³/mol. The minimum atomic E-state index is 0. The van der Waals surface area contributed by atoms with E-state index in [4.69, 9.17) is 4.99 Å². The molecule has 5 heteroatoms. The van der Waals surface area contributed by atoms with E-state index in [2.05, 4.69) is 54.4 Å². The van der Waals surface area contributed by atoms with Crippen LogP contribution in [-0.4, -0.2) is 48.8 Å². The van der Waals surface area contributed by atoms with Gasteiger partial charge in [-0.05, 0) is 37.7 Å². The first-order chi connectivity index (χ1) is 11.8. The molecule has 1 heterocycles. The summed E-state index contributed by atoms with van der Waals surface area (Å²) >= 11 is 0. The van der Waals surface area contributed by atoms with Gasteiger partial charge in [-0.1, -0.05) is 43.7 Å². The lowest BCUT2D eigenvalue weighted by molar-refractivity contribution is 0.253. The molecule has 2 rings (SSSR count). The molecule has 1 aromatic carbocycles. The maximum Gasteiger partial charge on any atom is 0.193 e. The van der Waals surface area contributed by atoms with Gasteiger partial charge in [-0.15, -0.1) is 24.0 Å². The van der Waals surface area contributed by atoms with E-state index < -0.39 is 0 Å². The van der Waals surface area contributed by atoms with E-state index >= 15 is 0 Å². The molecule has 4 nitrogen and oxygen atoms in total. The quantitative estimate of drug-likeness (QED) is 0.353. The fourth-order valence-electron chi connectivity index (χ4n) is 3.51. The highest BCUT2D eigenvalue weighted by atomic mass is 127. The number of hydrogen-bond donors (Lipinski definition) is 2. The molecular formula is C20H34IN3O. The maximum absolute atomic E-state index is 9.23. The number of hydrogen-bond acceptors (Lipinski definition) is 2. The molecule has 1 aliphatic rings. The number of aliphatic hydroxyl groups is 1. The molecule has 0 aliphatic carbocycles. The fraction of sp³-hybridized carbons (Fsp3) is 0.650. The Bertz CT molecular complexity index is 489. The summed E-state index contributed by atoms with van der Waals surface area (Å²) in [5, 5.41) is 12.7. The number of nitrogens with zero attached hydrogens (tertiary/aromatic N) is 2. The van der Waals surface area contributed by atoms with Crippen molar-refractivity contribution in [1.82, 2.24) is 10.2 Å². The van der Waals surface area contributed by atoms with Crippen molar-refractivity contribution in [2.75, 3.05) is 32.8 Å². The minimum Gasteiger partial charge on any atom is -0.396 e. The van der Waals surface area contributed by atoms with Crippen LogP contribution < -0.4 is 5.32 Å². The van der Waals surface area contributed by atoms with Crippen molar-refractivity contribution in [2.24, 2.45) is 10.9 Å². The zero-order valence-corrected chi connectivity index (χ0v) is 18.0. The maximum atomic E-state index is 9.23. The molecule has 1 aromatic rings. The van der Waals surface area contributed by atoms with Crippen molar-refractivity contribution < 1.29 is 5.11 Å². The molecule has 0 bridgehead atoms. The van der Waals surface area contributed by atoms with Crippen LogP contribution >= 0.6 is 24.0 Å². The minimum absolute atomic E-state index is 0. The van der Waals surface area contributed by atoms with E-state index in [1.807, 2.05) is 0 Å². The first kappa shape index (κ1) is 22.2. The molecule has 0 saturated carbocycles. The number of nitrogens with one attached hydrogen (secondary N) is 1. The molecule has 1 saturated heterocycles. The summed E-state index contributed by atoms with van der Waals surface area (Å²) in [6.45, 7) is 8.38. The van der Waals surface area contributed by atoms with Crippen molar-refractivity contribution in [3.63, 3.8) is 0 Å². The van der Waals surface area contributed by atoms with Crippen LogP contribution in [0.2, 0.25) is 0 Å². The summed E-state index contributed by atoms with van der Waals surface area (Å²) in [5.74, 6) is 2.12. The first-order valence-corrected chi connectivity index (χ1v) is 9.47. The van der Waals surface area contributed by atoms with Crippen LogP contribution in [0, 0.1) is 5.92 Å². The molecule has 2 atom stereocenters. The Morgan fingerprint density at radius 3 is 2.68 bits per heavy atom. The third-order valence-electron chi connectivity index (χ3n) is 4.83. The number of rotatable bonds is 8. The first-order valence-electron chi connectivity index (χ1n) is 9.47. The van der Waals surface area contributed by atoms with Crippen LogP contribution in [0.3, 0.4) is 0 Å². The molecule has 0 radical (unpaired) electrons. The Kier molecular flexibility index (Phi) is 11.1. The number of aliphatic imine (C=N–C) groups is 1. The Labute approximate surface area is 170 Å². The molecule has 2 N–H and O–H groups in total. The Morgan fingerprint density at radius 1 is 1.28 bits per heavy atom. The predicted octanol–water partition coefficient (Wildman–Crippen LogP) is 3.86. The van der Waals surface area contributed by atoms with Crippen molar-refractivity contribution >= 4 is 29.9 Å². The van der Waals surface area contributed by atoms with Crippen molar-refractivity contribution in [3.05, 3.63) is 35.9 Å². The Morgan fingerprint density at radius 2 is 2.04 bits per heavy atom. The Hall–Kier alpha value is -0.820. The number of aliphatic hydroxyl groups excluding tert-OH is 1. The van der Waals surface area contributed by atoms with Gasteiger partial charge in [0, 0.05) is 38.7 Å². The van der Waals surface area contributed by atoms with Crippen molar-refractivity contribution in [3.8, 4) is 0 Å². The zero-order chi connectivity index (χ0) is 17.2. The summed E-state index contributed by atoms with van der Waals surface area (Å²) < 4.78 is 0. The van der Waals surface area contributed by atoms with Gasteiger partial charge in [0.05, 0.1) is 0 Å². The van der Waals surface area contributed by atoms with Crippen LogP contribution in [0.25, 0.3) is 0 Å². The molecule has 1 aliphatic heterocycles. The second-order valence-corrected chi connectivity index (χ2v) is 6.70. The van der Waals surface area contributed by atoms with Gasteiger partial charge in [-0.2, -0.15) is 0 Å². The molecular weight excluding hydrogens is 425 g/mol. The highest BCUT2D eigenvalue weighted by Gasteiger charge is 2.26. The summed E-state index contributed by atoms with van der Waals surface area (Å²) in [6.07, 6.45) is 4.32. The van der Waals surface area contributed by atoms with E-state index in [-0.39, 0.29) is 30.6 Å². The highest BCUT2D eigenvalue weighted by molar-refractivity contribution is 14.0. The SMILES string of the molecule is CCCC(CCO)CN=C(NCC)N1CCC(c2ccccc2)C1.I. The van der Waals surface area contributed by atoms with Crippen molar-refractivity contribution in [2.45, 2.75) is 45.4 Å². The molecule has 2 unspecified atom stereocenters. The number of guanidine groups is 1. The molecule has 1 fully saturated rings. The summed E-state index contributed by atoms with van der Waals surface area (Å²) in [5.41, 5.74) is 1.43. The van der Waals surface area contributed by atoms with Crippen LogP contribution in [-0.2, 0) is 0 Å². The van der Waals surface area contributed by atoms with Gasteiger partial charge in [0.2, 0.25) is 0 Å². The summed E-state index contributed by atoms with van der Waals surface area (Å²) in [6, 6.07) is 10.8. The van der Waals surface area contributed by atoms with Crippen LogP contribution in [0.5, 0.6) is 0 Å². The standard InChI is InChI=1S/C20H33N3O.HI/c1-3-8-17(12-14-24)15-22-20(21-4-2)23-13-11-19(16-23)18-9-6-5-7-10-18;/h5-7,9-10,17,19,24H,3-4,8,11-16H2,1-2H3,(H,21,22);1H. The second kappa shape index (κ2) is 12.5. The fourth-order valence-corrected chi connectivity index (χ4v) is 3.51. The lowest BCUT2D eigenvalue weighted by Crippen LogP contribution is -2.40. The average Bonchev–Trinajstić information content (AvgIpc) is 3.09. The molecule has 0 amide bonds. The summed E-state index contributed by atoms with van der Waals surface area (Å²) in [4.78, 5) is 7.27. The van der Waals surface area contributed by atoms with Gasteiger partial charge < -0.3 is 15.3 Å². The Balaban J connectivity index is 0.00000312. The van der Waals surface area contributed by atoms with E-state index in [1.165, 1.54) is 12.0 Å². The smallest absolute Gasteiger partial charge is 0.193 e. The van der Waals surface area contributed by atoms with Crippen LogP contribution in [0.1, 0.15) is 51.0 Å². The van der Waals surface area contributed by atoms with E-state index in [9.17, 15) is 5.11 Å². The van der Waals surface area contributed by atoms with Gasteiger partial charge in [0.1, 0.15) is 0 Å². The number of likely N-dealkylation sites (tertiary alicyclic amines) is 1. The molecule has 142 valence electrons. The number of halogens is 1. The van der Waals surface area contributed by atoms with Gasteiger partial charge in [-0.25, -0.2) is 0 Å². The summed E-state index contributed by atoms with van der Waals surface area (Å²) in [7, 11) is 0.